The third-order valence-electron chi connectivity index (χ3n) is 23.2. The van der Waals surface area contributed by atoms with Crippen molar-refractivity contribution >= 4 is 66.3 Å². The van der Waals surface area contributed by atoms with E-state index in [9.17, 15) is 45.7 Å². The molecule has 704 valence electrons. The molecule has 3 N–H and O–H groups in total. The molecular formula is C94H141N4NaO26S2+2. The molecule has 8 rings (SSSR count). The van der Waals surface area contributed by atoms with Crippen LogP contribution in [-0.4, -0.2) is 308 Å². The summed E-state index contributed by atoms with van der Waals surface area (Å²) >= 11 is 0. The summed E-state index contributed by atoms with van der Waals surface area (Å²) in [5.41, 5.74) is 9.81. The van der Waals surface area contributed by atoms with E-state index in [2.05, 4.69) is 106 Å². The van der Waals surface area contributed by atoms with Crippen molar-refractivity contribution in [2.45, 2.75) is 150 Å². The molecule has 4 aromatic rings. The zero-order valence-corrected chi connectivity index (χ0v) is 80.6. The third-order valence-corrected chi connectivity index (χ3v) is 24.9. The van der Waals surface area contributed by atoms with Gasteiger partial charge in [0.2, 0.25) is 11.4 Å². The molecule has 4 atom stereocenters. The van der Waals surface area contributed by atoms with Gasteiger partial charge < -0.3 is 100 Å². The van der Waals surface area contributed by atoms with Gasteiger partial charge in [0.15, 0.2) is 11.4 Å². The molecule has 0 saturated heterocycles. The van der Waals surface area contributed by atoms with E-state index < -0.39 is 43.0 Å². The van der Waals surface area contributed by atoms with Crippen LogP contribution in [0.4, 0.5) is 22.7 Å². The summed E-state index contributed by atoms with van der Waals surface area (Å²) < 4.78 is 166. The number of allylic oxidation sites excluding steroid dienone is 8. The number of ether oxygens (including phenoxy) is 16. The zero-order chi connectivity index (χ0) is 91.1. The molecule has 0 saturated carbocycles. The first-order valence-electron chi connectivity index (χ1n) is 44.2. The van der Waals surface area contributed by atoms with E-state index in [1.807, 2.05) is 39.0 Å². The largest absolute Gasteiger partial charge is 1.00 e. The third kappa shape index (κ3) is 33.8. The van der Waals surface area contributed by atoms with Crippen molar-refractivity contribution in [3.63, 3.8) is 0 Å². The first-order chi connectivity index (χ1) is 60.8. The predicted molar refractivity (Wildman–Crippen MR) is 481 cm³/mol. The van der Waals surface area contributed by atoms with Crippen molar-refractivity contribution in [1.82, 2.24) is 0 Å². The predicted octanol–water partition coefficient (Wildman–Crippen LogP) is 9.35. The average Bonchev–Trinajstić information content (AvgIpc) is 1.61. The van der Waals surface area contributed by atoms with Gasteiger partial charge in [-0.2, -0.15) is 17.6 Å². The summed E-state index contributed by atoms with van der Waals surface area (Å²) in [6.45, 7) is 28.6. The molecule has 4 aliphatic rings. The maximum atomic E-state index is 12.4. The summed E-state index contributed by atoms with van der Waals surface area (Å²) in [5, 5.41) is 18.5. The molecule has 4 unspecified atom stereocenters. The number of rotatable bonds is 68. The van der Waals surface area contributed by atoms with Crippen LogP contribution >= 0.6 is 0 Å². The van der Waals surface area contributed by atoms with E-state index in [1.165, 1.54) is 58.2 Å². The smallest absolute Gasteiger partial charge is 0.744 e. The number of aliphatic carboxylic acids is 2. The van der Waals surface area contributed by atoms with Crippen molar-refractivity contribution in [1.29, 1.82) is 0 Å². The second-order valence-corrected chi connectivity index (χ2v) is 34.6. The van der Waals surface area contributed by atoms with Crippen molar-refractivity contribution in [2.24, 2.45) is 0 Å². The zero-order valence-electron chi connectivity index (χ0n) is 77.0. The Morgan fingerprint density at radius 3 is 1.07 bits per heavy atom. The Hall–Kier alpha value is -6.10. The molecule has 30 nitrogen and oxygen atoms in total. The van der Waals surface area contributed by atoms with Crippen LogP contribution in [0.15, 0.2) is 143 Å². The number of para-hydroxylation sites is 2. The second kappa shape index (κ2) is 58.7. The summed E-state index contributed by atoms with van der Waals surface area (Å²) in [4.78, 5) is 26.5. The molecule has 127 heavy (non-hydrogen) atoms. The summed E-state index contributed by atoms with van der Waals surface area (Å²) in [6, 6.07) is 26.4. The molecule has 0 aromatic heterocycles. The number of benzene rings is 4. The fraction of sp³-hybridized carbons (Fsp3) is 0.617. The Labute approximate surface area is 776 Å². The first-order valence-corrected chi connectivity index (χ1v) is 47.1. The fourth-order valence-electron chi connectivity index (χ4n) is 16.4. The van der Waals surface area contributed by atoms with Gasteiger partial charge in [0, 0.05) is 163 Å². The quantitative estimate of drug-likeness (QED) is 0.0160. The van der Waals surface area contributed by atoms with Crippen molar-refractivity contribution in [3.8, 4) is 0 Å². The fourth-order valence-corrected chi connectivity index (χ4v) is 17.4. The monoisotopic (exact) mass is 1830 g/mol. The SMILES string of the molecule is CCN1C(=CC=CC2=[N+](CCCCCC(=O)O)c3ccc(S(=O)(=O)[O-])cc3C2(C)CCOCCOCCOCCOC)C(C)(CCOCCOCCOCCOC)c2cc(S(=O)(=O)O)ccc21.CCN1C(=CC=CC2=[N+](CCCCCC(=O)O)c3ccccc3C2(C)CCOCCOCCOCCOC)C(C)(CCOCCOCCOCCOC)c2ccccc21.[Na+]. The molecule has 0 bridgehead atoms. The van der Waals surface area contributed by atoms with E-state index in [0.29, 0.717) is 241 Å². The Balaban J connectivity index is 0.000000392. The first kappa shape index (κ1) is 110. The van der Waals surface area contributed by atoms with Crippen LogP contribution in [0.1, 0.15) is 141 Å². The van der Waals surface area contributed by atoms with Gasteiger partial charge in [0.05, 0.1) is 179 Å². The standard InChI is InChI=1S/C47H70N2O16S2.C47H70N2O10.Na/c1-6-48-41-16-14-37(66(52,53)54)35-39(41)46(2,18-21-60-27-29-64-33-31-62-25-23-58-4)43(48)11-10-12-44-47(3,19-22-61-28-30-65-34-32-63-26-24-59-5)40-36-38(67(55,56)57)15-17-42(40)49(44)20-9-7-8-13-45(50)51;1-6-48-41-17-11-9-15-39(41)46(2,22-25-54-31-33-58-37-35-56-29-27-52-4)43(48)19-14-20-44-47(3,23-26-55-32-34-59-38-36-57-30-28-53-5)40-16-10-12-18-42(40)49(44)24-13-7-8-21-45(50)51;/h10-12,14-17,35-36H,6-9,13,18-34H2,1-5H3,(H2-,50,51,52,53,54,55,56,57);9-12,14-20H,6-8,13,21-38H2,1-5H3;/q;;+1/p+1. The number of likely N-dealkylation sites (N-methyl/N-ethyl adjacent to an activating group) is 2. The van der Waals surface area contributed by atoms with Gasteiger partial charge in [-0.05, 0) is 153 Å². The van der Waals surface area contributed by atoms with Gasteiger partial charge >= 0.3 is 41.5 Å². The van der Waals surface area contributed by atoms with Crippen LogP contribution in [-0.2, 0) is 127 Å². The number of methoxy groups -OCH3 is 4. The number of carboxylic acids is 2. The van der Waals surface area contributed by atoms with Crippen LogP contribution in [0.5, 0.6) is 0 Å². The minimum Gasteiger partial charge on any atom is -0.744 e. The van der Waals surface area contributed by atoms with E-state index in [-0.39, 0.29) is 69.6 Å². The van der Waals surface area contributed by atoms with Gasteiger partial charge in [-0.3, -0.25) is 14.1 Å². The molecule has 4 heterocycles. The number of hydrogen-bond acceptors (Lipinski definition) is 25. The number of carbonyl (C=O) groups is 2. The van der Waals surface area contributed by atoms with Crippen molar-refractivity contribution in [3.05, 3.63) is 155 Å². The van der Waals surface area contributed by atoms with E-state index in [4.69, 9.17) is 75.8 Å². The van der Waals surface area contributed by atoms with Crippen molar-refractivity contribution < 1.29 is 160 Å². The Morgan fingerprint density at radius 2 is 0.701 bits per heavy atom. The van der Waals surface area contributed by atoms with Gasteiger partial charge in [-0.25, -0.2) is 8.42 Å². The van der Waals surface area contributed by atoms with E-state index in [1.54, 1.807) is 40.6 Å². The minimum absolute atomic E-state index is 0. The average molecular weight is 1830 g/mol. The van der Waals surface area contributed by atoms with E-state index in [0.717, 1.165) is 61.6 Å². The summed E-state index contributed by atoms with van der Waals surface area (Å²) in [5.74, 6) is -1.62. The Kier molecular flexibility index (Phi) is 50.7. The van der Waals surface area contributed by atoms with Crippen LogP contribution in [0.25, 0.3) is 0 Å². The molecule has 4 aliphatic heterocycles. The maximum absolute atomic E-state index is 12.4. The van der Waals surface area contributed by atoms with Crippen LogP contribution in [0.3, 0.4) is 0 Å². The summed E-state index contributed by atoms with van der Waals surface area (Å²) in [6.07, 6.45) is 19.5. The number of carboxylic acid groups (broad SMARTS) is 2. The molecule has 0 aliphatic carbocycles. The maximum Gasteiger partial charge on any atom is 1.00 e. The second-order valence-electron chi connectivity index (χ2n) is 31.8. The Bertz CT molecular complexity index is 4390. The van der Waals surface area contributed by atoms with Gasteiger partial charge in [-0.15, -0.1) is 0 Å². The number of nitrogens with zero attached hydrogens (tertiary/aromatic N) is 4. The minimum atomic E-state index is -4.81. The topological polar surface area (TPSA) is 346 Å². The number of unbranched alkanes of at least 4 members (excludes halogenated alkanes) is 4. The number of fused-ring (bicyclic) bond motifs is 4. The molecule has 0 radical (unpaired) electrons. The van der Waals surface area contributed by atoms with Gasteiger partial charge in [-0.1, -0.05) is 48.6 Å². The van der Waals surface area contributed by atoms with Crippen molar-refractivity contribution in [2.75, 3.05) is 249 Å². The summed E-state index contributed by atoms with van der Waals surface area (Å²) in [7, 11) is -2.80. The molecular weight excluding hydrogens is 1690 g/mol. The molecule has 0 amide bonds. The van der Waals surface area contributed by atoms with E-state index >= 15 is 0 Å². The van der Waals surface area contributed by atoms with Crippen LogP contribution in [0.2, 0.25) is 0 Å². The number of anilines is 2. The van der Waals surface area contributed by atoms with Crippen LogP contribution in [0, 0.1) is 0 Å². The van der Waals surface area contributed by atoms with Crippen LogP contribution < -0.4 is 39.4 Å². The van der Waals surface area contributed by atoms with Gasteiger partial charge in [0.1, 0.15) is 23.2 Å². The number of hydrogen-bond donors (Lipinski definition) is 3. The molecule has 33 heteroatoms. The van der Waals surface area contributed by atoms with Gasteiger partial charge in [0.25, 0.3) is 10.1 Å². The molecule has 0 fully saturated rings. The Morgan fingerprint density at radius 1 is 0.386 bits per heavy atom. The normalized spacial score (nSPS) is 19.1. The molecule has 0 spiro atoms. The molecule has 4 aromatic carbocycles.